The number of hydrogen-bond acceptors (Lipinski definition) is 4. The van der Waals surface area contributed by atoms with Crippen LogP contribution in [-0.4, -0.2) is 16.2 Å². The van der Waals surface area contributed by atoms with Crippen molar-refractivity contribution in [3.8, 4) is 5.75 Å². The van der Waals surface area contributed by atoms with Gasteiger partial charge in [0.15, 0.2) is 0 Å². The Morgan fingerprint density at radius 3 is 2.78 bits per heavy atom. The molecule has 18 heavy (non-hydrogen) atoms. The zero-order valence-electron chi connectivity index (χ0n) is 9.82. The van der Waals surface area contributed by atoms with Gasteiger partial charge in [0, 0.05) is 10.6 Å². The fourth-order valence-corrected chi connectivity index (χ4v) is 1.56. The molecule has 2 rings (SSSR count). The quantitative estimate of drug-likeness (QED) is 0.876. The van der Waals surface area contributed by atoms with Gasteiger partial charge in [0.1, 0.15) is 5.75 Å². The van der Waals surface area contributed by atoms with Crippen LogP contribution in [0.25, 0.3) is 0 Å². The van der Waals surface area contributed by atoms with E-state index in [0.717, 1.165) is 5.56 Å². The summed E-state index contributed by atoms with van der Waals surface area (Å²) in [4.78, 5) is 11.9. The zero-order valence-corrected chi connectivity index (χ0v) is 10.6. The molecule has 1 aromatic carbocycles. The monoisotopic (exact) mass is 266 g/mol. The Labute approximate surface area is 108 Å². The smallest absolute Gasteiger partial charge is 0.261 e. The van der Waals surface area contributed by atoms with Crippen LogP contribution in [0.4, 0.5) is 5.88 Å². The minimum absolute atomic E-state index is 0.0796. The Kier molecular flexibility index (Phi) is 3.25. The number of halogens is 1. The Hall–Kier alpha value is -2.01. The number of carbonyl (C=O) groups is 1. The molecule has 0 atom stereocenters. The number of phenolic OH excluding ortho intramolecular Hbond substituents is 1. The number of benzene rings is 1. The highest BCUT2D eigenvalue weighted by atomic mass is 35.5. The molecular formula is C12H11ClN2O3. The van der Waals surface area contributed by atoms with E-state index in [1.54, 1.807) is 13.8 Å². The van der Waals surface area contributed by atoms with Crippen LogP contribution in [0.15, 0.2) is 22.7 Å². The molecule has 0 bridgehead atoms. The second-order valence-electron chi connectivity index (χ2n) is 3.84. The van der Waals surface area contributed by atoms with Crippen molar-refractivity contribution < 1.29 is 14.4 Å². The van der Waals surface area contributed by atoms with E-state index in [9.17, 15) is 9.90 Å². The van der Waals surface area contributed by atoms with Gasteiger partial charge in [-0.15, -0.1) is 0 Å². The summed E-state index contributed by atoms with van der Waals surface area (Å²) >= 11 is 5.77. The normalized spacial score (nSPS) is 10.4. The number of nitrogens with zero attached hydrogens (tertiary/aromatic N) is 1. The Balaban J connectivity index is 2.27. The van der Waals surface area contributed by atoms with Crippen molar-refractivity contribution in [3.05, 3.63) is 40.0 Å². The second kappa shape index (κ2) is 4.70. The van der Waals surface area contributed by atoms with Gasteiger partial charge in [0.25, 0.3) is 5.91 Å². The van der Waals surface area contributed by atoms with Crippen molar-refractivity contribution in [1.29, 1.82) is 0 Å². The number of aromatic hydroxyl groups is 1. The Morgan fingerprint density at radius 1 is 1.44 bits per heavy atom. The van der Waals surface area contributed by atoms with Crippen LogP contribution in [0.1, 0.15) is 21.6 Å². The number of anilines is 1. The summed E-state index contributed by atoms with van der Waals surface area (Å²) in [6.45, 7) is 3.55. The van der Waals surface area contributed by atoms with E-state index in [-0.39, 0.29) is 17.2 Å². The van der Waals surface area contributed by atoms with Crippen molar-refractivity contribution in [2.45, 2.75) is 13.8 Å². The number of phenols is 1. The summed E-state index contributed by atoms with van der Waals surface area (Å²) in [6.07, 6.45) is 0. The first-order chi connectivity index (χ1) is 8.49. The average Bonchev–Trinajstić information content (AvgIpc) is 2.64. The van der Waals surface area contributed by atoms with Gasteiger partial charge in [-0.2, -0.15) is 0 Å². The lowest BCUT2D eigenvalue weighted by atomic mass is 10.2. The maximum Gasteiger partial charge on any atom is 0.261 e. The van der Waals surface area contributed by atoms with Gasteiger partial charge >= 0.3 is 0 Å². The number of aromatic nitrogens is 1. The highest BCUT2D eigenvalue weighted by molar-refractivity contribution is 6.31. The maximum absolute atomic E-state index is 11.9. The van der Waals surface area contributed by atoms with E-state index in [1.165, 1.54) is 18.2 Å². The summed E-state index contributed by atoms with van der Waals surface area (Å²) in [7, 11) is 0. The molecule has 2 N–H and O–H groups in total. The van der Waals surface area contributed by atoms with Gasteiger partial charge in [-0.3, -0.25) is 10.1 Å². The predicted octanol–water partition coefficient (Wildman–Crippen LogP) is 2.90. The number of nitrogens with one attached hydrogen (secondary N) is 1. The van der Waals surface area contributed by atoms with Crippen molar-refractivity contribution in [2.75, 3.05) is 5.32 Å². The second-order valence-corrected chi connectivity index (χ2v) is 4.27. The summed E-state index contributed by atoms with van der Waals surface area (Å²) < 4.78 is 4.96. The first kappa shape index (κ1) is 12.4. The molecule has 1 aromatic heterocycles. The molecule has 0 saturated carbocycles. The largest absolute Gasteiger partial charge is 0.507 e. The number of carbonyl (C=O) groups excluding carboxylic acids is 1. The van der Waals surface area contributed by atoms with E-state index >= 15 is 0 Å². The lowest BCUT2D eigenvalue weighted by Gasteiger charge is -2.05. The first-order valence-electron chi connectivity index (χ1n) is 5.22. The molecule has 0 aliphatic heterocycles. The summed E-state index contributed by atoms with van der Waals surface area (Å²) in [6, 6.07) is 4.23. The van der Waals surface area contributed by atoms with Crippen molar-refractivity contribution >= 4 is 23.4 Å². The first-order valence-corrected chi connectivity index (χ1v) is 5.59. The molecular weight excluding hydrogens is 256 g/mol. The van der Waals surface area contributed by atoms with E-state index in [2.05, 4.69) is 10.5 Å². The third-order valence-corrected chi connectivity index (χ3v) is 2.82. The van der Waals surface area contributed by atoms with Gasteiger partial charge in [0.2, 0.25) is 5.88 Å². The maximum atomic E-state index is 11.9. The predicted molar refractivity (Wildman–Crippen MR) is 67.0 cm³/mol. The zero-order chi connectivity index (χ0) is 13.3. The molecule has 6 heteroatoms. The fraction of sp³-hybridized carbons (Fsp3) is 0.167. The minimum Gasteiger partial charge on any atom is -0.507 e. The highest BCUT2D eigenvalue weighted by Gasteiger charge is 2.16. The molecule has 5 nitrogen and oxygen atoms in total. The molecule has 94 valence electrons. The van der Waals surface area contributed by atoms with E-state index in [0.29, 0.717) is 10.7 Å². The third kappa shape index (κ3) is 2.31. The lowest BCUT2D eigenvalue weighted by Crippen LogP contribution is -2.12. The van der Waals surface area contributed by atoms with Gasteiger partial charge in [-0.25, -0.2) is 0 Å². The molecule has 0 unspecified atom stereocenters. The SMILES string of the molecule is Cc1noc(NC(=O)c2cc(Cl)ccc2O)c1C. The van der Waals surface area contributed by atoms with Crippen LogP contribution < -0.4 is 5.32 Å². The minimum atomic E-state index is -0.505. The number of amides is 1. The topological polar surface area (TPSA) is 75.4 Å². The lowest BCUT2D eigenvalue weighted by molar-refractivity contribution is 0.102. The van der Waals surface area contributed by atoms with Crippen LogP contribution >= 0.6 is 11.6 Å². The molecule has 0 aliphatic carbocycles. The van der Waals surface area contributed by atoms with Gasteiger partial charge in [0.05, 0.1) is 11.3 Å². The number of hydrogen-bond donors (Lipinski definition) is 2. The average molecular weight is 267 g/mol. The van der Waals surface area contributed by atoms with Crippen molar-refractivity contribution in [2.24, 2.45) is 0 Å². The number of rotatable bonds is 2. The third-order valence-electron chi connectivity index (χ3n) is 2.59. The van der Waals surface area contributed by atoms with E-state index in [4.69, 9.17) is 16.1 Å². The summed E-state index contributed by atoms with van der Waals surface area (Å²) in [5, 5.41) is 16.2. The van der Waals surface area contributed by atoms with Crippen LogP contribution in [0, 0.1) is 13.8 Å². The summed E-state index contributed by atoms with van der Waals surface area (Å²) in [5.74, 6) is -0.392. The highest BCUT2D eigenvalue weighted by Crippen LogP contribution is 2.24. The van der Waals surface area contributed by atoms with Crippen LogP contribution in [-0.2, 0) is 0 Å². The standard InChI is InChI=1S/C12H11ClN2O3/c1-6-7(2)15-18-12(6)14-11(17)9-5-8(13)3-4-10(9)16/h3-5,16H,1-2H3,(H,14,17). The Bertz CT molecular complexity index is 607. The number of aryl methyl sites for hydroxylation is 1. The van der Waals surface area contributed by atoms with Crippen LogP contribution in [0.3, 0.4) is 0 Å². The molecule has 2 aromatic rings. The molecule has 0 spiro atoms. The molecule has 1 amide bonds. The van der Waals surface area contributed by atoms with E-state index < -0.39 is 5.91 Å². The van der Waals surface area contributed by atoms with Crippen LogP contribution in [0.2, 0.25) is 5.02 Å². The fourth-order valence-electron chi connectivity index (χ4n) is 1.39. The molecule has 0 radical (unpaired) electrons. The molecule has 0 aliphatic rings. The van der Waals surface area contributed by atoms with Crippen LogP contribution in [0.5, 0.6) is 5.75 Å². The van der Waals surface area contributed by atoms with Crippen molar-refractivity contribution in [3.63, 3.8) is 0 Å². The van der Waals surface area contributed by atoms with E-state index in [1.807, 2.05) is 0 Å². The van der Waals surface area contributed by atoms with Gasteiger partial charge < -0.3 is 9.63 Å². The van der Waals surface area contributed by atoms with Gasteiger partial charge in [-0.05, 0) is 32.0 Å². The Morgan fingerprint density at radius 2 is 2.17 bits per heavy atom. The summed E-state index contributed by atoms with van der Waals surface area (Å²) in [5.41, 5.74) is 1.52. The molecule has 0 fully saturated rings. The molecule has 1 heterocycles. The molecule has 0 saturated heterocycles. The van der Waals surface area contributed by atoms with Gasteiger partial charge in [-0.1, -0.05) is 16.8 Å². The van der Waals surface area contributed by atoms with Crippen molar-refractivity contribution in [1.82, 2.24) is 5.16 Å².